The third-order valence-corrected chi connectivity index (χ3v) is 3.59. The Labute approximate surface area is 124 Å². The molecule has 3 rings (SSSR count). The minimum Gasteiger partial charge on any atom is -0.497 e. The van der Waals surface area contributed by atoms with Crippen molar-refractivity contribution >= 4 is 0 Å². The first-order valence-electron chi connectivity index (χ1n) is 6.79. The van der Waals surface area contributed by atoms with Crippen molar-refractivity contribution in [3.63, 3.8) is 0 Å². The zero-order valence-corrected chi connectivity index (χ0v) is 12.4. The Morgan fingerprint density at radius 3 is 2.24 bits per heavy atom. The van der Waals surface area contributed by atoms with Crippen LogP contribution in [0.4, 0.5) is 0 Å². The molecule has 2 aromatic carbocycles. The van der Waals surface area contributed by atoms with E-state index in [2.05, 4.69) is 48.3 Å². The van der Waals surface area contributed by atoms with Crippen LogP contribution in [0.15, 0.2) is 49.1 Å². The summed E-state index contributed by atoms with van der Waals surface area (Å²) in [6, 6.07) is 12.5. The first-order valence-corrected chi connectivity index (χ1v) is 6.79. The third kappa shape index (κ3) is 2.52. The smallest absolute Gasteiger partial charge is 0.123 e. The fraction of sp³-hybridized carbons (Fsp3) is 0.176. The van der Waals surface area contributed by atoms with Crippen molar-refractivity contribution in [1.29, 1.82) is 0 Å². The van der Waals surface area contributed by atoms with Gasteiger partial charge in [0.2, 0.25) is 0 Å². The number of methoxy groups -OCH3 is 1. The predicted molar refractivity (Wildman–Crippen MR) is 82.8 cm³/mol. The third-order valence-electron chi connectivity index (χ3n) is 3.59. The van der Waals surface area contributed by atoms with Gasteiger partial charge in [-0.25, -0.2) is 0 Å². The van der Waals surface area contributed by atoms with E-state index in [1.807, 2.05) is 16.7 Å². The van der Waals surface area contributed by atoms with E-state index < -0.39 is 0 Å². The average Bonchev–Trinajstić information content (AvgIpc) is 3.01. The van der Waals surface area contributed by atoms with Crippen LogP contribution in [0, 0.1) is 13.8 Å². The molecular formula is C17H17N3O. The maximum Gasteiger partial charge on any atom is 0.123 e. The Morgan fingerprint density at radius 2 is 1.62 bits per heavy atom. The summed E-state index contributed by atoms with van der Waals surface area (Å²) in [6.07, 6.45) is 3.40. The van der Waals surface area contributed by atoms with Gasteiger partial charge >= 0.3 is 0 Å². The molecule has 0 unspecified atom stereocenters. The predicted octanol–water partition coefficient (Wildman–Crippen LogP) is 3.56. The second-order valence-corrected chi connectivity index (χ2v) is 5.06. The Hall–Kier alpha value is -2.62. The lowest BCUT2D eigenvalue weighted by molar-refractivity contribution is 0.414. The van der Waals surface area contributed by atoms with Crippen molar-refractivity contribution in [2.45, 2.75) is 13.8 Å². The van der Waals surface area contributed by atoms with Crippen LogP contribution < -0.4 is 4.74 Å². The second-order valence-electron chi connectivity index (χ2n) is 5.06. The summed E-state index contributed by atoms with van der Waals surface area (Å²) in [5.41, 5.74) is 5.87. The number of hydrogen-bond acceptors (Lipinski definition) is 3. The summed E-state index contributed by atoms with van der Waals surface area (Å²) >= 11 is 0. The van der Waals surface area contributed by atoms with Crippen LogP contribution in [0.25, 0.3) is 16.8 Å². The SMILES string of the molecule is COc1cc(C)c(-c2cccc(-n3cnnc3)c2)c(C)c1. The standard InChI is InChI=1S/C17H17N3O/c1-12-7-16(21-3)8-13(2)17(12)14-5-4-6-15(9-14)20-10-18-19-11-20/h4-11H,1-3H3. The van der Waals surface area contributed by atoms with Crippen molar-refractivity contribution in [2.24, 2.45) is 0 Å². The second kappa shape index (κ2) is 5.40. The molecule has 0 radical (unpaired) electrons. The Kier molecular flexibility index (Phi) is 3.44. The van der Waals surface area contributed by atoms with Crippen LogP contribution >= 0.6 is 0 Å². The zero-order chi connectivity index (χ0) is 14.8. The highest BCUT2D eigenvalue weighted by atomic mass is 16.5. The van der Waals surface area contributed by atoms with Gasteiger partial charge in [0.05, 0.1) is 7.11 Å². The fourth-order valence-electron chi connectivity index (χ4n) is 2.65. The Morgan fingerprint density at radius 1 is 0.952 bits per heavy atom. The minimum atomic E-state index is 0.892. The molecule has 1 aromatic heterocycles. The van der Waals surface area contributed by atoms with Gasteiger partial charge in [-0.15, -0.1) is 10.2 Å². The van der Waals surface area contributed by atoms with Gasteiger partial charge in [0, 0.05) is 5.69 Å². The van der Waals surface area contributed by atoms with Crippen LogP contribution in [0.1, 0.15) is 11.1 Å². The lowest BCUT2D eigenvalue weighted by Crippen LogP contribution is -1.94. The molecule has 0 N–H and O–H groups in total. The Balaban J connectivity index is 2.11. The molecule has 4 nitrogen and oxygen atoms in total. The first-order chi connectivity index (χ1) is 10.2. The number of aryl methyl sites for hydroxylation is 2. The highest BCUT2D eigenvalue weighted by Gasteiger charge is 2.09. The lowest BCUT2D eigenvalue weighted by atomic mass is 9.95. The van der Waals surface area contributed by atoms with E-state index in [4.69, 9.17) is 4.74 Å². The average molecular weight is 279 g/mol. The normalized spacial score (nSPS) is 10.6. The molecule has 0 bridgehead atoms. The quantitative estimate of drug-likeness (QED) is 0.736. The van der Waals surface area contributed by atoms with Gasteiger partial charge in [-0.2, -0.15) is 0 Å². The van der Waals surface area contributed by atoms with Gasteiger partial charge in [-0.1, -0.05) is 12.1 Å². The van der Waals surface area contributed by atoms with Gasteiger partial charge < -0.3 is 4.74 Å². The molecule has 0 saturated carbocycles. The van der Waals surface area contributed by atoms with Crippen LogP contribution in [0.3, 0.4) is 0 Å². The van der Waals surface area contributed by atoms with Gasteiger partial charge in [0.1, 0.15) is 18.4 Å². The molecule has 0 amide bonds. The molecule has 1 heterocycles. The van der Waals surface area contributed by atoms with Crippen molar-refractivity contribution in [3.8, 4) is 22.6 Å². The summed E-state index contributed by atoms with van der Waals surface area (Å²) < 4.78 is 7.23. The van der Waals surface area contributed by atoms with E-state index in [9.17, 15) is 0 Å². The largest absolute Gasteiger partial charge is 0.497 e. The van der Waals surface area contributed by atoms with E-state index in [1.54, 1.807) is 19.8 Å². The first kappa shape index (κ1) is 13.4. The van der Waals surface area contributed by atoms with Gasteiger partial charge in [0.15, 0.2) is 0 Å². The van der Waals surface area contributed by atoms with Gasteiger partial charge in [-0.05, 0) is 60.4 Å². The lowest BCUT2D eigenvalue weighted by Gasteiger charge is -2.13. The summed E-state index contributed by atoms with van der Waals surface area (Å²) in [5.74, 6) is 0.892. The molecule has 0 saturated heterocycles. The van der Waals surface area contributed by atoms with E-state index in [-0.39, 0.29) is 0 Å². The monoisotopic (exact) mass is 279 g/mol. The Bertz CT molecular complexity index is 740. The van der Waals surface area contributed by atoms with Crippen molar-refractivity contribution in [3.05, 3.63) is 60.2 Å². The van der Waals surface area contributed by atoms with Gasteiger partial charge in [-0.3, -0.25) is 4.57 Å². The van der Waals surface area contributed by atoms with E-state index in [0.717, 1.165) is 11.4 Å². The summed E-state index contributed by atoms with van der Waals surface area (Å²) in [7, 11) is 1.69. The maximum atomic E-state index is 5.33. The van der Waals surface area contributed by atoms with Crippen molar-refractivity contribution < 1.29 is 4.74 Å². The molecule has 106 valence electrons. The zero-order valence-electron chi connectivity index (χ0n) is 12.4. The molecule has 0 spiro atoms. The highest BCUT2D eigenvalue weighted by molar-refractivity contribution is 5.73. The number of nitrogens with zero attached hydrogens (tertiary/aromatic N) is 3. The molecule has 3 aromatic rings. The fourth-order valence-corrected chi connectivity index (χ4v) is 2.65. The molecule has 0 atom stereocenters. The number of aromatic nitrogens is 3. The van der Waals surface area contributed by atoms with Crippen LogP contribution in [-0.4, -0.2) is 21.9 Å². The van der Waals surface area contributed by atoms with Crippen molar-refractivity contribution in [2.75, 3.05) is 7.11 Å². The minimum absolute atomic E-state index is 0.892. The summed E-state index contributed by atoms with van der Waals surface area (Å²) in [6.45, 7) is 4.21. The van der Waals surface area contributed by atoms with E-state index in [0.29, 0.717) is 0 Å². The number of ether oxygens (including phenoxy) is 1. The summed E-state index contributed by atoms with van der Waals surface area (Å²) in [5, 5.41) is 7.71. The molecule has 4 heteroatoms. The number of benzene rings is 2. The molecular weight excluding hydrogens is 262 g/mol. The topological polar surface area (TPSA) is 39.9 Å². The summed E-state index contributed by atoms with van der Waals surface area (Å²) in [4.78, 5) is 0. The van der Waals surface area contributed by atoms with E-state index >= 15 is 0 Å². The van der Waals surface area contributed by atoms with Crippen LogP contribution in [0.2, 0.25) is 0 Å². The molecule has 0 fully saturated rings. The number of hydrogen-bond donors (Lipinski definition) is 0. The highest BCUT2D eigenvalue weighted by Crippen LogP contribution is 2.31. The number of rotatable bonds is 3. The molecule has 0 aliphatic heterocycles. The maximum absolute atomic E-state index is 5.33. The molecule has 21 heavy (non-hydrogen) atoms. The van der Waals surface area contributed by atoms with Crippen LogP contribution in [-0.2, 0) is 0 Å². The van der Waals surface area contributed by atoms with Gasteiger partial charge in [0.25, 0.3) is 0 Å². The van der Waals surface area contributed by atoms with Crippen molar-refractivity contribution in [1.82, 2.24) is 14.8 Å². The van der Waals surface area contributed by atoms with Crippen LogP contribution in [0.5, 0.6) is 5.75 Å². The molecule has 0 aliphatic carbocycles. The molecule has 0 aliphatic rings. The van der Waals surface area contributed by atoms with E-state index in [1.165, 1.54) is 22.3 Å².